The zero-order chi connectivity index (χ0) is 18.0. The predicted molar refractivity (Wildman–Crippen MR) is 94.6 cm³/mol. The average Bonchev–Trinajstić information content (AvgIpc) is 3.16. The van der Waals surface area contributed by atoms with E-state index in [1.807, 2.05) is 0 Å². The number of rotatable bonds is 6. The van der Waals surface area contributed by atoms with Crippen LogP contribution in [-0.4, -0.2) is 38.5 Å². The van der Waals surface area contributed by atoms with Gasteiger partial charge in [0.25, 0.3) is 15.9 Å². The monoisotopic (exact) mass is 444 g/mol. The van der Waals surface area contributed by atoms with Crippen molar-refractivity contribution in [3.8, 4) is 0 Å². The van der Waals surface area contributed by atoms with Gasteiger partial charge in [0.2, 0.25) is 0 Å². The minimum Gasteiger partial charge on any atom is -0.439 e. The van der Waals surface area contributed by atoms with Crippen LogP contribution < -0.4 is 4.72 Å². The Morgan fingerprint density at radius 2 is 1.92 bits per heavy atom. The third kappa shape index (κ3) is 4.09. The molecule has 0 bridgehead atoms. The first-order valence-electron chi connectivity index (χ1n) is 7.16. The van der Waals surface area contributed by atoms with Gasteiger partial charge in [-0.15, -0.1) is 11.3 Å². The van der Waals surface area contributed by atoms with Crippen LogP contribution in [0, 0.1) is 0 Å². The van der Waals surface area contributed by atoms with Crippen molar-refractivity contribution in [2.24, 2.45) is 0 Å². The fourth-order valence-electron chi connectivity index (χ4n) is 2.32. The van der Waals surface area contributed by atoms with Crippen molar-refractivity contribution in [2.45, 2.75) is 10.3 Å². The number of ether oxygens (including phenoxy) is 1. The largest absolute Gasteiger partial charge is 0.439 e. The summed E-state index contributed by atoms with van der Waals surface area (Å²) in [4.78, 5) is 24.4. The van der Waals surface area contributed by atoms with Crippen LogP contribution in [0.4, 0.5) is 4.79 Å². The van der Waals surface area contributed by atoms with Crippen molar-refractivity contribution >= 4 is 49.3 Å². The highest BCUT2D eigenvalue weighted by Crippen LogP contribution is 2.28. The summed E-state index contributed by atoms with van der Waals surface area (Å²) in [6, 6.07) is 11.1. The molecule has 3 rings (SSSR count). The SMILES string of the molecule is O=C1COC(=O)N1C[C@H](NS(=O)(=O)c1ccc(Br)s1)c1ccccc1. The van der Waals surface area contributed by atoms with E-state index in [4.69, 9.17) is 0 Å². The van der Waals surface area contributed by atoms with Crippen LogP contribution in [0.15, 0.2) is 50.5 Å². The van der Waals surface area contributed by atoms with Crippen LogP contribution in [0.5, 0.6) is 0 Å². The van der Waals surface area contributed by atoms with E-state index in [0.29, 0.717) is 9.35 Å². The molecule has 10 heteroatoms. The van der Waals surface area contributed by atoms with E-state index in [-0.39, 0.29) is 17.4 Å². The summed E-state index contributed by atoms with van der Waals surface area (Å²) < 4.78 is 33.3. The maximum atomic E-state index is 12.6. The Labute approximate surface area is 156 Å². The van der Waals surface area contributed by atoms with E-state index < -0.39 is 28.1 Å². The van der Waals surface area contributed by atoms with E-state index >= 15 is 0 Å². The molecule has 1 aliphatic rings. The van der Waals surface area contributed by atoms with E-state index in [2.05, 4.69) is 25.4 Å². The first kappa shape index (κ1) is 18.1. The molecule has 0 aliphatic carbocycles. The molecule has 7 nitrogen and oxygen atoms in total. The average molecular weight is 445 g/mol. The lowest BCUT2D eigenvalue weighted by molar-refractivity contribution is -0.126. The summed E-state index contributed by atoms with van der Waals surface area (Å²) in [7, 11) is -3.81. The van der Waals surface area contributed by atoms with Crippen LogP contribution in [0.3, 0.4) is 0 Å². The van der Waals surface area contributed by atoms with E-state index in [9.17, 15) is 18.0 Å². The minimum absolute atomic E-state index is 0.135. The Bertz CT molecular complexity index is 882. The molecule has 0 saturated carbocycles. The van der Waals surface area contributed by atoms with E-state index in [1.54, 1.807) is 36.4 Å². The molecule has 1 atom stereocenters. The van der Waals surface area contributed by atoms with Gasteiger partial charge in [-0.1, -0.05) is 30.3 Å². The maximum Gasteiger partial charge on any atom is 0.417 e. The molecule has 2 amide bonds. The third-order valence-corrected chi connectivity index (χ3v) is 7.11. The second-order valence-electron chi connectivity index (χ2n) is 5.20. The Kier molecular flexibility index (Phi) is 5.23. The summed E-state index contributed by atoms with van der Waals surface area (Å²) >= 11 is 4.30. The lowest BCUT2D eigenvalue weighted by Crippen LogP contribution is -2.40. The normalized spacial score (nSPS) is 16.1. The number of hydrogen-bond donors (Lipinski definition) is 1. The first-order chi connectivity index (χ1) is 11.9. The van der Waals surface area contributed by atoms with E-state index in [1.165, 1.54) is 6.07 Å². The van der Waals surface area contributed by atoms with Gasteiger partial charge in [0.15, 0.2) is 6.61 Å². The summed E-state index contributed by atoms with van der Waals surface area (Å²) in [5, 5.41) is 0. The van der Waals surface area contributed by atoms with Crippen molar-refractivity contribution in [1.82, 2.24) is 9.62 Å². The van der Waals surface area contributed by atoms with Crippen molar-refractivity contribution in [3.05, 3.63) is 51.8 Å². The molecule has 1 aromatic carbocycles. The summed E-state index contributed by atoms with van der Waals surface area (Å²) in [5.74, 6) is -0.496. The standard InChI is InChI=1S/C15H13BrN2O5S2/c16-12-6-7-14(24-12)25(21,22)17-11(10-4-2-1-3-5-10)8-18-13(19)9-23-15(18)20/h1-7,11,17H,8-9H2/t11-/m0/s1. The lowest BCUT2D eigenvalue weighted by atomic mass is 10.1. The number of imide groups is 1. The number of nitrogens with one attached hydrogen (secondary N) is 1. The molecular weight excluding hydrogens is 432 g/mol. The molecule has 2 heterocycles. The highest BCUT2D eigenvalue weighted by atomic mass is 79.9. The number of benzene rings is 1. The third-order valence-electron chi connectivity index (χ3n) is 3.52. The van der Waals surface area contributed by atoms with Gasteiger partial charge in [0.05, 0.1) is 16.4 Å². The molecule has 0 radical (unpaired) electrons. The fourth-order valence-corrected chi connectivity index (χ4v) is 5.57. The minimum atomic E-state index is -3.81. The lowest BCUT2D eigenvalue weighted by Gasteiger charge is -2.22. The van der Waals surface area contributed by atoms with Crippen molar-refractivity contribution in [1.29, 1.82) is 0 Å². The van der Waals surface area contributed by atoms with Gasteiger partial charge in [-0.25, -0.2) is 22.8 Å². The zero-order valence-corrected chi connectivity index (χ0v) is 15.9. The smallest absolute Gasteiger partial charge is 0.417 e. The Balaban J connectivity index is 1.89. The molecule has 0 unspecified atom stereocenters. The van der Waals surface area contributed by atoms with Crippen LogP contribution in [-0.2, 0) is 19.6 Å². The summed E-state index contributed by atoms with van der Waals surface area (Å²) in [6.07, 6.45) is -0.774. The number of carbonyl (C=O) groups excluding carboxylic acids is 2. The number of carbonyl (C=O) groups is 2. The number of cyclic esters (lactones) is 1. The van der Waals surface area contributed by atoms with Crippen LogP contribution in [0.25, 0.3) is 0 Å². The summed E-state index contributed by atoms with van der Waals surface area (Å²) in [5.41, 5.74) is 0.634. The molecule has 2 aromatic rings. The number of hydrogen-bond acceptors (Lipinski definition) is 6. The van der Waals surface area contributed by atoms with Gasteiger partial charge in [-0.05, 0) is 33.6 Å². The molecule has 1 fully saturated rings. The van der Waals surface area contributed by atoms with E-state index in [0.717, 1.165) is 16.2 Å². The Morgan fingerprint density at radius 1 is 1.20 bits per heavy atom. The number of sulfonamides is 1. The molecule has 1 N–H and O–H groups in total. The molecule has 1 saturated heterocycles. The number of thiophene rings is 1. The van der Waals surface area contributed by atoms with Crippen molar-refractivity contribution in [3.63, 3.8) is 0 Å². The maximum absolute atomic E-state index is 12.6. The molecule has 1 aromatic heterocycles. The fraction of sp³-hybridized carbons (Fsp3) is 0.200. The first-order valence-corrected chi connectivity index (χ1v) is 10.3. The van der Waals surface area contributed by atoms with Crippen LogP contribution >= 0.6 is 27.3 Å². The van der Waals surface area contributed by atoms with Gasteiger partial charge in [-0.3, -0.25) is 4.79 Å². The van der Waals surface area contributed by atoms with Crippen LogP contribution in [0.2, 0.25) is 0 Å². The van der Waals surface area contributed by atoms with Crippen LogP contribution in [0.1, 0.15) is 11.6 Å². The van der Waals surface area contributed by atoms with Gasteiger partial charge in [-0.2, -0.15) is 0 Å². The van der Waals surface area contributed by atoms with Crippen molar-refractivity contribution in [2.75, 3.05) is 13.2 Å². The molecular formula is C15H13BrN2O5S2. The summed E-state index contributed by atoms with van der Waals surface area (Å²) in [6.45, 7) is -0.474. The number of amides is 2. The predicted octanol–water partition coefficient (Wildman–Crippen LogP) is 2.51. The van der Waals surface area contributed by atoms with Gasteiger partial charge < -0.3 is 4.74 Å². The van der Waals surface area contributed by atoms with Crippen molar-refractivity contribution < 1.29 is 22.7 Å². The number of nitrogens with zero attached hydrogens (tertiary/aromatic N) is 1. The van der Waals surface area contributed by atoms with Gasteiger partial charge in [0.1, 0.15) is 4.21 Å². The molecule has 132 valence electrons. The quantitative estimate of drug-likeness (QED) is 0.738. The molecule has 0 spiro atoms. The van der Waals surface area contributed by atoms with Gasteiger partial charge >= 0.3 is 6.09 Å². The van der Waals surface area contributed by atoms with Gasteiger partial charge in [0, 0.05) is 0 Å². The Hall–Kier alpha value is -1.75. The second kappa shape index (κ2) is 7.24. The second-order valence-corrected chi connectivity index (χ2v) is 9.61. The zero-order valence-electron chi connectivity index (χ0n) is 12.7. The molecule has 1 aliphatic heterocycles. The Morgan fingerprint density at radius 3 is 2.48 bits per heavy atom. The number of halogens is 1. The highest BCUT2D eigenvalue weighted by molar-refractivity contribution is 9.11. The molecule has 25 heavy (non-hydrogen) atoms. The topological polar surface area (TPSA) is 92.8 Å². The highest BCUT2D eigenvalue weighted by Gasteiger charge is 2.34.